The molecule has 76 valence electrons. The first kappa shape index (κ1) is 11.4. The minimum atomic E-state index is -1.45. The summed E-state index contributed by atoms with van der Waals surface area (Å²) in [5, 5.41) is 5.63. The van der Waals surface area contributed by atoms with Crippen molar-refractivity contribution in [1.82, 2.24) is 4.98 Å². The first-order chi connectivity index (χ1) is 6.50. The number of allylic oxidation sites excluding steroid dienone is 1. The number of hydrogen-bond donors (Lipinski definition) is 1. The molecule has 0 fully saturated rings. The van der Waals surface area contributed by atoms with Crippen molar-refractivity contribution < 1.29 is 4.21 Å². The summed E-state index contributed by atoms with van der Waals surface area (Å²) in [7, 11) is -1.45. The highest BCUT2D eigenvalue weighted by Gasteiger charge is 2.01. The SMILES string of the molecule is C/C(=C\c1nc(Cl)ccc1C)S(N)=O. The van der Waals surface area contributed by atoms with Gasteiger partial charge in [-0.05, 0) is 31.6 Å². The van der Waals surface area contributed by atoms with Gasteiger partial charge in [-0.1, -0.05) is 17.7 Å². The standard InChI is InChI=1S/C9H11ClN2OS/c1-6-3-4-9(10)12-8(6)5-7(2)14(11)13/h3-5H,11H2,1-2H3/b7-5+. The maximum Gasteiger partial charge on any atom is 0.129 e. The molecule has 1 aromatic heterocycles. The molecule has 0 spiro atoms. The average Bonchev–Trinajstić information content (AvgIpc) is 2.11. The predicted molar refractivity (Wildman–Crippen MR) is 60.0 cm³/mol. The fourth-order valence-electron chi connectivity index (χ4n) is 0.916. The Morgan fingerprint density at radius 3 is 2.86 bits per heavy atom. The molecule has 0 aliphatic heterocycles. The summed E-state index contributed by atoms with van der Waals surface area (Å²) < 4.78 is 10.9. The van der Waals surface area contributed by atoms with E-state index < -0.39 is 11.0 Å². The molecule has 1 rings (SSSR count). The van der Waals surface area contributed by atoms with Crippen LogP contribution in [-0.4, -0.2) is 9.19 Å². The molecule has 0 amide bonds. The minimum Gasteiger partial charge on any atom is -0.248 e. The van der Waals surface area contributed by atoms with Gasteiger partial charge in [-0.15, -0.1) is 0 Å². The second-order valence-corrected chi connectivity index (χ2v) is 4.51. The van der Waals surface area contributed by atoms with Crippen LogP contribution in [0, 0.1) is 6.92 Å². The van der Waals surface area contributed by atoms with Gasteiger partial charge >= 0.3 is 0 Å². The van der Waals surface area contributed by atoms with Gasteiger partial charge in [0, 0.05) is 4.91 Å². The minimum absolute atomic E-state index is 0.414. The molecule has 3 nitrogen and oxygen atoms in total. The third kappa shape index (κ3) is 2.90. The van der Waals surface area contributed by atoms with Crippen molar-refractivity contribution in [3.63, 3.8) is 0 Å². The van der Waals surface area contributed by atoms with Crippen LogP contribution in [0.5, 0.6) is 0 Å². The summed E-state index contributed by atoms with van der Waals surface area (Å²) in [6, 6.07) is 3.57. The maximum atomic E-state index is 10.9. The van der Waals surface area contributed by atoms with Gasteiger partial charge in [0.05, 0.1) is 5.69 Å². The lowest BCUT2D eigenvalue weighted by atomic mass is 10.2. The van der Waals surface area contributed by atoms with E-state index in [1.807, 2.05) is 13.0 Å². The molecule has 0 bridgehead atoms. The van der Waals surface area contributed by atoms with E-state index in [1.54, 1.807) is 19.1 Å². The van der Waals surface area contributed by atoms with Crippen molar-refractivity contribution >= 4 is 28.7 Å². The fourth-order valence-corrected chi connectivity index (χ4v) is 1.30. The van der Waals surface area contributed by atoms with Gasteiger partial charge in [0.2, 0.25) is 0 Å². The van der Waals surface area contributed by atoms with E-state index in [-0.39, 0.29) is 0 Å². The molecular formula is C9H11ClN2OS. The Bertz CT molecular complexity index is 404. The summed E-state index contributed by atoms with van der Waals surface area (Å²) in [5.74, 6) is 0. The Morgan fingerprint density at radius 1 is 1.64 bits per heavy atom. The molecule has 14 heavy (non-hydrogen) atoms. The van der Waals surface area contributed by atoms with Gasteiger partial charge in [0.25, 0.3) is 0 Å². The molecule has 0 saturated heterocycles. The van der Waals surface area contributed by atoms with E-state index in [1.165, 1.54) is 0 Å². The number of rotatable bonds is 2. The molecule has 0 aliphatic rings. The highest BCUT2D eigenvalue weighted by Crippen LogP contribution is 2.14. The van der Waals surface area contributed by atoms with Crippen molar-refractivity contribution in [2.75, 3.05) is 0 Å². The number of hydrogen-bond acceptors (Lipinski definition) is 2. The highest BCUT2D eigenvalue weighted by molar-refractivity contribution is 7.86. The Labute approximate surface area is 90.6 Å². The van der Waals surface area contributed by atoms with Crippen LogP contribution in [0.15, 0.2) is 17.0 Å². The molecular weight excluding hydrogens is 220 g/mol. The molecule has 2 N–H and O–H groups in total. The number of pyridine rings is 1. The van der Waals surface area contributed by atoms with Crippen LogP contribution in [-0.2, 0) is 11.0 Å². The van der Waals surface area contributed by atoms with Crippen LogP contribution >= 0.6 is 11.6 Å². The summed E-state index contributed by atoms with van der Waals surface area (Å²) in [5.41, 5.74) is 1.67. The van der Waals surface area contributed by atoms with Gasteiger partial charge in [-0.2, -0.15) is 0 Å². The molecule has 0 saturated carbocycles. The second kappa shape index (κ2) is 4.68. The van der Waals surface area contributed by atoms with Crippen molar-refractivity contribution in [3.8, 4) is 0 Å². The van der Waals surface area contributed by atoms with Crippen LogP contribution in [0.4, 0.5) is 0 Å². The smallest absolute Gasteiger partial charge is 0.129 e. The number of aryl methyl sites for hydroxylation is 1. The summed E-state index contributed by atoms with van der Waals surface area (Å²) >= 11 is 5.73. The van der Waals surface area contributed by atoms with Crippen molar-refractivity contribution in [1.29, 1.82) is 0 Å². The Kier molecular flexibility index (Phi) is 3.80. The van der Waals surface area contributed by atoms with E-state index in [0.717, 1.165) is 5.56 Å². The third-order valence-corrected chi connectivity index (χ3v) is 2.72. The van der Waals surface area contributed by atoms with Crippen LogP contribution in [0.3, 0.4) is 0 Å². The largest absolute Gasteiger partial charge is 0.248 e. The van der Waals surface area contributed by atoms with E-state index in [0.29, 0.717) is 15.8 Å². The number of aromatic nitrogens is 1. The molecule has 1 atom stereocenters. The zero-order valence-corrected chi connectivity index (χ0v) is 9.52. The fraction of sp³-hybridized carbons (Fsp3) is 0.222. The van der Waals surface area contributed by atoms with Gasteiger partial charge in [0.15, 0.2) is 0 Å². The zero-order valence-electron chi connectivity index (χ0n) is 7.95. The van der Waals surface area contributed by atoms with Gasteiger partial charge in [0.1, 0.15) is 16.1 Å². The molecule has 1 heterocycles. The number of halogens is 1. The molecule has 1 aromatic rings. The van der Waals surface area contributed by atoms with E-state index in [9.17, 15) is 4.21 Å². The van der Waals surface area contributed by atoms with Gasteiger partial charge in [-0.3, -0.25) is 0 Å². The third-order valence-electron chi connectivity index (χ3n) is 1.76. The normalized spacial score (nSPS) is 14.1. The lowest BCUT2D eigenvalue weighted by Gasteiger charge is -2.01. The number of nitrogens with zero attached hydrogens (tertiary/aromatic N) is 1. The Balaban J connectivity index is 3.13. The van der Waals surface area contributed by atoms with Crippen molar-refractivity contribution in [3.05, 3.63) is 33.4 Å². The van der Waals surface area contributed by atoms with Crippen LogP contribution in [0.25, 0.3) is 6.08 Å². The van der Waals surface area contributed by atoms with Gasteiger partial charge < -0.3 is 0 Å². The molecule has 0 radical (unpaired) electrons. The quantitative estimate of drug-likeness (QED) is 0.791. The predicted octanol–water partition coefficient (Wildman–Crippen LogP) is 2.03. The summed E-state index contributed by atoms with van der Waals surface area (Å²) in [6.07, 6.45) is 1.68. The first-order valence-corrected chi connectivity index (χ1v) is 5.57. The lowest BCUT2D eigenvalue weighted by molar-refractivity contribution is 0.688. The molecule has 0 aliphatic carbocycles. The highest BCUT2D eigenvalue weighted by atomic mass is 35.5. The van der Waals surface area contributed by atoms with Crippen molar-refractivity contribution in [2.45, 2.75) is 13.8 Å². The number of nitrogens with two attached hydrogens (primary N) is 1. The topological polar surface area (TPSA) is 56.0 Å². The van der Waals surface area contributed by atoms with Crippen LogP contribution in [0.2, 0.25) is 5.15 Å². The molecule has 0 aromatic carbocycles. The van der Waals surface area contributed by atoms with Crippen LogP contribution in [0.1, 0.15) is 18.2 Å². The van der Waals surface area contributed by atoms with Crippen molar-refractivity contribution in [2.24, 2.45) is 5.14 Å². The summed E-state index contributed by atoms with van der Waals surface area (Å²) in [6.45, 7) is 3.60. The summed E-state index contributed by atoms with van der Waals surface area (Å²) in [4.78, 5) is 4.67. The van der Waals surface area contributed by atoms with Crippen LogP contribution < -0.4 is 5.14 Å². The molecule has 5 heteroatoms. The van der Waals surface area contributed by atoms with E-state index in [2.05, 4.69) is 4.98 Å². The van der Waals surface area contributed by atoms with E-state index in [4.69, 9.17) is 16.7 Å². The lowest BCUT2D eigenvalue weighted by Crippen LogP contribution is -2.03. The Morgan fingerprint density at radius 2 is 2.29 bits per heavy atom. The Hall–Kier alpha value is -0.710. The monoisotopic (exact) mass is 230 g/mol. The first-order valence-electron chi connectivity index (χ1n) is 3.98. The average molecular weight is 231 g/mol. The molecule has 1 unspecified atom stereocenters. The van der Waals surface area contributed by atoms with Gasteiger partial charge in [-0.25, -0.2) is 14.3 Å². The second-order valence-electron chi connectivity index (χ2n) is 2.89. The zero-order chi connectivity index (χ0) is 10.7. The maximum absolute atomic E-state index is 10.9. The van der Waals surface area contributed by atoms with E-state index >= 15 is 0 Å².